The molecule has 0 fully saturated rings. The van der Waals surface area contributed by atoms with Crippen molar-refractivity contribution >= 4 is 44.5 Å². The number of nitrogens with two attached hydrogens (primary N) is 1. The Morgan fingerprint density at radius 2 is 1.52 bits per heavy atom. The summed E-state index contributed by atoms with van der Waals surface area (Å²) in [5.41, 5.74) is 8.68. The first kappa shape index (κ1) is 28.5. The number of fused-ring (bicyclic) bond motifs is 1. The van der Waals surface area contributed by atoms with Crippen LogP contribution in [0.2, 0.25) is 0 Å². The van der Waals surface area contributed by atoms with Crippen LogP contribution >= 0.6 is 0 Å². The number of methoxy groups -OCH3 is 1. The predicted molar refractivity (Wildman–Crippen MR) is 150 cm³/mol. The molecule has 1 unspecified atom stereocenters. The molecule has 0 bridgehead atoms. The van der Waals surface area contributed by atoms with Crippen LogP contribution < -0.4 is 15.8 Å². The first-order chi connectivity index (χ1) is 18.9. The highest BCUT2D eigenvalue weighted by atomic mass is 32.2. The van der Waals surface area contributed by atoms with Gasteiger partial charge in [-0.25, -0.2) is 8.42 Å². The van der Waals surface area contributed by atoms with Crippen molar-refractivity contribution in [3.8, 4) is 11.1 Å². The summed E-state index contributed by atoms with van der Waals surface area (Å²) in [6, 6.07) is 17.0. The fourth-order valence-electron chi connectivity index (χ4n) is 4.30. The van der Waals surface area contributed by atoms with Crippen LogP contribution in [-0.4, -0.2) is 39.4 Å². The second-order valence-electron chi connectivity index (χ2n) is 9.52. The number of hydrogen-bond donors (Lipinski definition) is 3. The second-order valence-corrected chi connectivity index (χ2v) is 11.2. The Kier molecular flexibility index (Phi) is 8.08. The molecule has 3 aromatic carbocycles. The zero-order valence-electron chi connectivity index (χ0n) is 22.3. The fourth-order valence-corrected chi connectivity index (χ4v) is 5.64. The molecule has 10 nitrogen and oxygen atoms in total. The van der Waals surface area contributed by atoms with Crippen LogP contribution in [0.25, 0.3) is 22.1 Å². The molecule has 0 aliphatic carbocycles. The SMILES string of the molecule is COC(=O)C(NS(=O)(=O)c1ccc(-c2ccc(NC(=O)c3oc4cccc(C(N)=O)c4c3C)cc2)cc1)C(C)C. The van der Waals surface area contributed by atoms with Gasteiger partial charge >= 0.3 is 5.97 Å². The largest absolute Gasteiger partial charge is 0.468 e. The molecule has 2 amide bonds. The van der Waals surface area contributed by atoms with E-state index in [-0.39, 0.29) is 22.1 Å². The van der Waals surface area contributed by atoms with Gasteiger partial charge < -0.3 is 20.2 Å². The molecule has 40 heavy (non-hydrogen) atoms. The Morgan fingerprint density at radius 3 is 2.08 bits per heavy atom. The second kappa shape index (κ2) is 11.3. The van der Waals surface area contributed by atoms with E-state index in [9.17, 15) is 22.8 Å². The number of ether oxygens (including phenoxy) is 1. The van der Waals surface area contributed by atoms with E-state index in [1.807, 2.05) is 0 Å². The number of primary amides is 1. The van der Waals surface area contributed by atoms with Crippen molar-refractivity contribution in [1.29, 1.82) is 0 Å². The van der Waals surface area contributed by atoms with Gasteiger partial charge in [-0.05, 0) is 60.4 Å². The van der Waals surface area contributed by atoms with Gasteiger partial charge in [0.1, 0.15) is 11.6 Å². The number of rotatable bonds is 9. The van der Waals surface area contributed by atoms with E-state index in [4.69, 9.17) is 14.9 Å². The number of benzene rings is 3. The third-order valence-corrected chi connectivity index (χ3v) is 7.93. The Balaban J connectivity index is 1.49. The first-order valence-corrected chi connectivity index (χ1v) is 13.8. The fraction of sp³-hybridized carbons (Fsp3) is 0.207. The Bertz CT molecular complexity index is 1690. The number of hydrogen-bond acceptors (Lipinski definition) is 7. The minimum Gasteiger partial charge on any atom is -0.468 e. The molecule has 208 valence electrons. The standard InChI is InChI=1S/C29H29N3O7S/c1-16(2)25(29(35)38-4)32-40(36,37)21-14-10-19(11-15-21)18-8-12-20(13-9-18)31-28(34)26-17(3)24-22(27(30)33)6-5-7-23(24)39-26/h5-16,25,32H,1-4H3,(H2,30,33)(H,31,34). The smallest absolute Gasteiger partial charge is 0.324 e. The zero-order valence-corrected chi connectivity index (χ0v) is 23.2. The number of furan rings is 1. The molecule has 1 heterocycles. The molecule has 1 atom stereocenters. The lowest BCUT2D eigenvalue weighted by atomic mass is 10.0. The van der Waals surface area contributed by atoms with Crippen molar-refractivity contribution in [3.05, 3.63) is 83.6 Å². The predicted octanol–water partition coefficient (Wildman–Crippen LogP) is 4.24. The van der Waals surface area contributed by atoms with Crippen LogP contribution in [0.5, 0.6) is 0 Å². The van der Waals surface area contributed by atoms with E-state index in [1.54, 1.807) is 75.4 Å². The lowest BCUT2D eigenvalue weighted by Gasteiger charge is -2.19. The van der Waals surface area contributed by atoms with Crippen LogP contribution in [0.3, 0.4) is 0 Å². The monoisotopic (exact) mass is 563 g/mol. The van der Waals surface area contributed by atoms with Crippen LogP contribution in [0.4, 0.5) is 5.69 Å². The minimum atomic E-state index is -3.96. The number of amides is 2. The molecule has 0 radical (unpaired) electrons. The Morgan fingerprint density at radius 1 is 0.925 bits per heavy atom. The lowest BCUT2D eigenvalue weighted by Crippen LogP contribution is -2.44. The number of carbonyl (C=O) groups excluding carboxylic acids is 3. The highest BCUT2D eigenvalue weighted by Gasteiger charge is 2.29. The highest BCUT2D eigenvalue weighted by molar-refractivity contribution is 7.89. The van der Waals surface area contributed by atoms with Crippen molar-refractivity contribution in [2.75, 3.05) is 12.4 Å². The first-order valence-electron chi connectivity index (χ1n) is 12.4. The third kappa shape index (κ3) is 5.75. The topological polar surface area (TPSA) is 158 Å². The summed E-state index contributed by atoms with van der Waals surface area (Å²) in [5, 5.41) is 3.28. The molecule has 11 heteroatoms. The summed E-state index contributed by atoms with van der Waals surface area (Å²) in [6.07, 6.45) is 0. The summed E-state index contributed by atoms with van der Waals surface area (Å²) in [4.78, 5) is 36.7. The molecule has 0 spiro atoms. The van der Waals surface area contributed by atoms with E-state index in [0.717, 1.165) is 11.1 Å². The van der Waals surface area contributed by atoms with Crippen molar-refractivity contribution in [3.63, 3.8) is 0 Å². The van der Waals surface area contributed by atoms with Crippen LogP contribution in [-0.2, 0) is 19.6 Å². The van der Waals surface area contributed by atoms with Crippen molar-refractivity contribution in [1.82, 2.24) is 4.72 Å². The molecular formula is C29H29N3O7S. The zero-order chi connectivity index (χ0) is 29.2. The number of carbonyl (C=O) groups is 3. The average molecular weight is 564 g/mol. The molecule has 4 aromatic rings. The number of nitrogens with one attached hydrogen (secondary N) is 2. The molecule has 0 aliphatic heterocycles. The molecule has 4 rings (SSSR count). The number of esters is 1. The van der Waals surface area contributed by atoms with Gasteiger partial charge in [0, 0.05) is 16.6 Å². The van der Waals surface area contributed by atoms with E-state index in [2.05, 4.69) is 10.0 Å². The van der Waals surface area contributed by atoms with Gasteiger partial charge in [0.05, 0.1) is 17.6 Å². The van der Waals surface area contributed by atoms with Crippen molar-refractivity contribution < 1.29 is 32.0 Å². The van der Waals surface area contributed by atoms with E-state index >= 15 is 0 Å². The summed E-state index contributed by atoms with van der Waals surface area (Å²) in [7, 11) is -2.75. The van der Waals surface area contributed by atoms with Crippen LogP contribution in [0.15, 0.2) is 76.0 Å². The summed E-state index contributed by atoms with van der Waals surface area (Å²) in [6.45, 7) is 5.13. The number of anilines is 1. The minimum absolute atomic E-state index is 0.00961. The maximum absolute atomic E-state index is 12.9. The summed E-state index contributed by atoms with van der Waals surface area (Å²) < 4.78 is 38.5. The lowest BCUT2D eigenvalue weighted by molar-refractivity contribution is -0.143. The molecule has 0 saturated carbocycles. The number of sulfonamides is 1. The van der Waals surface area contributed by atoms with Crippen LogP contribution in [0, 0.1) is 12.8 Å². The molecule has 0 aliphatic rings. The maximum atomic E-state index is 12.9. The van der Waals surface area contributed by atoms with Crippen molar-refractivity contribution in [2.24, 2.45) is 11.7 Å². The average Bonchev–Trinajstić information content (AvgIpc) is 3.28. The quantitative estimate of drug-likeness (QED) is 0.257. The van der Waals surface area contributed by atoms with Gasteiger partial charge in [-0.15, -0.1) is 0 Å². The van der Waals surface area contributed by atoms with Crippen LogP contribution in [0.1, 0.15) is 40.3 Å². The Hall–Kier alpha value is -4.48. The van der Waals surface area contributed by atoms with Gasteiger partial charge in [-0.2, -0.15) is 4.72 Å². The van der Waals surface area contributed by atoms with Gasteiger partial charge in [0.2, 0.25) is 15.9 Å². The van der Waals surface area contributed by atoms with Gasteiger partial charge in [0.25, 0.3) is 5.91 Å². The summed E-state index contributed by atoms with van der Waals surface area (Å²) in [5.74, 6) is -1.98. The summed E-state index contributed by atoms with van der Waals surface area (Å²) >= 11 is 0. The molecule has 4 N–H and O–H groups in total. The van der Waals surface area contributed by atoms with E-state index in [0.29, 0.717) is 22.2 Å². The van der Waals surface area contributed by atoms with E-state index in [1.165, 1.54) is 19.2 Å². The Labute approximate surface area is 231 Å². The normalized spacial score (nSPS) is 12.3. The van der Waals surface area contributed by atoms with E-state index < -0.39 is 33.8 Å². The molecule has 0 saturated heterocycles. The highest BCUT2D eigenvalue weighted by Crippen LogP contribution is 2.29. The maximum Gasteiger partial charge on any atom is 0.324 e. The van der Waals surface area contributed by atoms with Gasteiger partial charge in [0.15, 0.2) is 5.76 Å². The molecule has 1 aromatic heterocycles. The van der Waals surface area contributed by atoms with Gasteiger partial charge in [-0.3, -0.25) is 14.4 Å². The van der Waals surface area contributed by atoms with Crippen molar-refractivity contribution in [2.45, 2.75) is 31.7 Å². The third-order valence-electron chi connectivity index (χ3n) is 6.47. The molecular weight excluding hydrogens is 534 g/mol. The van der Waals surface area contributed by atoms with Gasteiger partial charge in [-0.1, -0.05) is 44.2 Å². The number of aryl methyl sites for hydroxylation is 1.